The van der Waals surface area contributed by atoms with Crippen LogP contribution >= 0.6 is 0 Å². The zero-order valence-corrected chi connectivity index (χ0v) is 10.5. The van der Waals surface area contributed by atoms with Crippen LogP contribution in [-0.2, 0) is 9.59 Å². The quantitative estimate of drug-likeness (QED) is 0.619. The predicted molar refractivity (Wildman–Crippen MR) is 24.4 cm³/mol. The van der Waals surface area contributed by atoms with Crippen molar-refractivity contribution in [3.05, 3.63) is 12.2 Å². The van der Waals surface area contributed by atoms with Crippen LogP contribution in [0, 0.1) is 80.8 Å². The SMILES string of the molecule is O=C(O)/C=C\C(=O)O.[Pm].[Pm]. The summed E-state index contributed by atoms with van der Waals surface area (Å²) in [7, 11) is 0. The average Bonchev–Trinajstić information content (AvgIpc) is 1.61. The third-order valence-electron chi connectivity index (χ3n) is 0.368. The summed E-state index contributed by atoms with van der Waals surface area (Å²) in [4.78, 5) is 19.1. The van der Waals surface area contributed by atoms with Crippen LogP contribution in [0.4, 0.5) is 0 Å². The van der Waals surface area contributed by atoms with Crippen LogP contribution in [0.25, 0.3) is 0 Å². The molecule has 0 aliphatic rings. The predicted octanol–water partition coefficient (Wildman–Crippen LogP) is -0.288. The molecule has 6 heteroatoms. The van der Waals surface area contributed by atoms with E-state index in [0.29, 0.717) is 12.2 Å². The Morgan fingerprint density at radius 3 is 1.20 bits per heavy atom. The standard InChI is InChI=1S/C4H4O4.2Pm/c5-3(6)1-2-4(7)8;;/h1-2H,(H,5,6)(H,7,8);;/b2-1-;;. The fraction of sp³-hybridized carbons (Fsp3) is 0. The zero-order chi connectivity index (χ0) is 6.57. The maximum Gasteiger partial charge on any atom is 0.328 e. The first-order valence-corrected chi connectivity index (χ1v) is 1.77. The summed E-state index contributed by atoms with van der Waals surface area (Å²) in [5, 5.41) is 15.6. The summed E-state index contributed by atoms with van der Waals surface area (Å²) in [6.07, 6.45) is 1.12. The summed E-state index contributed by atoms with van der Waals surface area (Å²) in [5.74, 6) is -2.51. The second-order valence-electron chi connectivity index (χ2n) is 1.01. The van der Waals surface area contributed by atoms with Gasteiger partial charge in [-0.2, -0.15) is 0 Å². The monoisotopic (exact) mass is 406 g/mol. The van der Waals surface area contributed by atoms with Gasteiger partial charge >= 0.3 is 11.9 Å². The molecule has 0 atom stereocenters. The molecular weight excluding hydrogens is 402 g/mol. The molecule has 0 aromatic rings. The Kier molecular flexibility index (Phi) is 18.1. The van der Waals surface area contributed by atoms with E-state index in [-0.39, 0.29) is 80.8 Å². The van der Waals surface area contributed by atoms with Crippen molar-refractivity contribution < 1.29 is 101 Å². The molecule has 0 fully saturated rings. The van der Waals surface area contributed by atoms with Crippen molar-refractivity contribution in [1.82, 2.24) is 0 Å². The van der Waals surface area contributed by atoms with Gasteiger partial charge in [-0.05, 0) is 0 Å². The average molecular weight is 406 g/mol. The Labute approximate surface area is 122 Å². The molecule has 0 heterocycles. The van der Waals surface area contributed by atoms with Gasteiger partial charge in [-0.25, -0.2) is 9.59 Å². The van der Waals surface area contributed by atoms with E-state index in [4.69, 9.17) is 10.2 Å². The molecule has 54 valence electrons. The molecule has 0 aliphatic carbocycles. The van der Waals surface area contributed by atoms with E-state index in [1.807, 2.05) is 0 Å². The van der Waals surface area contributed by atoms with Gasteiger partial charge in [0, 0.05) is 92.9 Å². The Bertz CT molecular complexity index is 126. The topological polar surface area (TPSA) is 74.6 Å². The molecule has 0 rings (SSSR count). The molecule has 0 saturated carbocycles. The van der Waals surface area contributed by atoms with E-state index in [1.54, 1.807) is 0 Å². The van der Waals surface area contributed by atoms with Crippen molar-refractivity contribution in [2.75, 3.05) is 0 Å². The minimum atomic E-state index is -1.26. The first-order valence-electron chi connectivity index (χ1n) is 1.77. The third kappa shape index (κ3) is 16.2. The third-order valence-corrected chi connectivity index (χ3v) is 0.368. The molecule has 2 N–H and O–H groups in total. The molecule has 0 bridgehead atoms. The van der Waals surface area contributed by atoms with Gasteiger partial charge < -0.3 is 10.2 Å². The van der Waals surface area contributed by atoms with Gasteiger partial charge in [-0.15, -0.1) is 0 Å². The number of hydrogen-bond donors (Lipinski definition) is 2. The van der Waals surface area contributed by atoms with Crippen LogP contribution in [0.1, 0.15) is 0 Å². The van der Waals surface area contributed by atoms with Crippen LogP contribution in [0.2, 0.25) is 0 Å². The smallest absolute Gasteiger partial charge is 0.328 e. The Morgan fingerprint density at radius 1 is 0.900 bits per heavy atom. The largest absolute Gasteiger partial charge is 0.478 e. The summed E-state index contributed by atoms with van der Waals surface area (Å²) in [5.41, 5.74) is 0. The molecule has 0 spiro atoms. The van der Waals surface area contributed by atoms with Gasteiger partial charge in [0.15, 0.2) is 0 Å². The van der Waals surface area contributed by atoms with Crippen LogP contribution in [0.15, 0.2) is 12.2 Å². The summed E-state index contributed by atoms with van der Waals surface area (Å²) in [6, 6.07) is 0. The van der Waals surface area contributed by atoms with E-state index < -0.39 is 11.9 Å². The molecule has 0 aliphatic heterocycles. The summed E-state index contributed by atoms with van der Waals surface area (Å²) < 4.78 is 0. The van der Waals surface area contributed by atoms with Crippen molar-refractivity contribution in [2.24, 2.45) is 0 Å². The van der Waals surface area contributed by atoms with Gasteiger partial charge in [0.1, 0.15) is 0 Å². The second-order valence-corrected chi connectivity index (χ2v) is 1.01. The van der Waals surface area contributed by atoms with Crippen LogP contribution in [0.3, 0.4) is 0 Å². The number of carboxylic acids is 2. The first kappa shape index (κ1) is 17.4. The number of rotatable bonds is 2. The Hall–Kier alpha value is 1.36. The van der Waals surface area contributed by atoms with E-state index >= 15 is 0 Å². The van der Waals surface area contributed by atoms with E-state index in [0.717, 1.165) is 0 Å². The molecule has 2 radical (unpaired) electrons. The first-order chi connectivity index (χ1) is 3.63. The van der Waals surface area contributed by atoms with E-state index in [1.165, 1.54) is 0 Å². The fourth-order valence-electron chi connectivity index (χ4n) is 0.143. The van der Waals surface area contributed by atoms with Gasteiger partial charge in [0.25, 0.3) is 0 Å². The summed E-state index contributed by atoms with van der Waals surface area (Å²) in [6.45, 7) is 0. The van der Waals surface area contributed by atoms with Crippen molar-refractivity contribution in [3.8, 4) is 0 Å². The Morgan fingerprint density at radius 2 is 1.10 bits per heavy atom. The van der Waals surface area contributed by atoms with Gasteiger partial charge in [0.2, 0.25) is 0 Å². The van der Waals surface area contributed by atoms with Crippen molar-refractivity contribution >= 4 is 11.9 Å². The van der Waals surface area contributed by atoms with Crippen molar-refractivity contribution in [2.45, 2.75) is 0 Å². The van der Waals surface area contributed by atoms with Crippen molar-refractivity contribution in [1.29, 1.82) is 0 Å². The fourth-order valence-corrected chi connectivity index (χ4v) is 0.143. The van der Waals surface area contributed by atoms with Gasteiger partial charge in [-0.3, -0.25) is 0 Å². The number of hydrogen-bond acceptors (Lipinski definition) is 2. The number of carboxylic acid groups (broad SMARTS) is 2. The summed E-state index contributed by atoms with van der Waals surface area (Å²) >= 11 is 0. The molecule has 10 heavy (non-hydrogen) atoms. The molecule has 0 aromatic carbocycles. The number of aliphatic carboxylic acids is 2. The Balaban J connectivity index is -0.000000245. The normalized spacial score (nSPS) is 7.60. The van der Waals surface area contributed by atoms with E-state index in [2.05, 4.69) is 0 Å². The molecular formula is C4H4O4Pm2. The van der Waals surface area contributed by atoms with Gasteiger partial charge in [0.05, 0.1) is 0 Å². The van der Waals surface area contributed by atoms with Crippen LogP contribution in [-0.4, -0.2) is 22.2 Å². The minimum absolute atomic E-state index is 0. The second kappa shape index (κ2) is 10.4. The minimum Gasteiger partial charge on any atom is -0.478 e. The molecule has 0 unspecified atom stereocenters. The van der Waals surface area contributed by atoms with Crippen molar-refractivity contribution in [3.63, 3.8) is 0 Å². The maximum atomic E-state index is 9.55. The van der Waals surface area contributed by atoms with Gasteiger partial charge in [-0.1, -0.05) is 0 Å². The zero-order valence-electron chi connectivity index (χ0n) is 4.76. The number of carbonyl (C=O) groups is 2. The molecule has 0 saturated heterocycles. The van der Waals surface area contributed by atoms with Crippen LogP contribution < -0.4 is 0 Å². The van der Waals surface area contributed by atoms with E-state index in [9.17, 15) is 9.59 Å². The van der Waals surface area contributed by atoms with Crippen LogP contribution in [0.5, 0.6) is 0 Å². The maximum absolute atomic E-state index is 9.55. The molecule has 0 amide bonds. The molecule has 0 aromatic heterocycles. The molecule has 4 nitrogen and oxygen atoms in total.